The average Bonchev–Trinajstić information content (AvgIpc) is 2.73. The number of hydrogen-bond donors (Lipinski definition) is 0. The van der Waals surface area contributed by atoms with Gasteiger partial charge >= 0.3 is 0 Å². The van der Waals surface area contributed by atoms with E-state index >= 15 is 0 Å². The van der Waals surface area contributed by atoms with Gasteiger partial charge in [0.2, 0.25) is 0 Å². The van der Waals surface area contributed by atoms with E-state index in [0.717, 1.165) is 47.3 Å². The molecule has 4 aliphatic rings. The summed E-state index contributed by atoms with van der Waals surface area (Å²) in [5.74, 6) is 7.85. The standard InChI is InChI=1S/C28H48/c1-5-21-15-17-25(23-11-7-19(3)8-12-23)28-26(18-16-22(6-2)27(21)28)24-13-9-20(4)10-14-24/h19-26H,5-18H2,1-4H3. The van der Waals surface area contributed by atoms with Crippen molar-refractivity contribution in [1.29, 1.82) is 0 Å². The predicted molar refractivity (Wildman–Crippen MR) is 122 cm³/mol. The van der Waals surface area contributed by atoms with Gasteiger partial charge in [-0.25, -0.2) is 0 Å². The first-order valence-corrected chi connectivity index (χ1v) is 13.4. The molecule has 0 spiro atoms. The molecule has 0 bridgehead atoms. The van der Waals surface area contributed by atoms with Gasteiger partial charge in [-0.3, -0.25) is 0 Å². The number of rotatable bonds is 4. The van der Waals surface area contributed by atoms with Gasteiger partial charge in [-0.15, -0.1) is 0 Å². The molecule has 2 saturated carbocycles. The predicted octanol–water partition coefficient (Wildman–Crippen LogP) is 8.81. The van der Waals surface area contributed by atoms with Crippen LogP contribution in [0.25, 0.3) is 0 Å². The molecule has 160 valence electrons. The van der Waals surface area contributed by atoms with E-state index in [1.54, 1.807) is 0 Å². The van der Waals surface area contributed by atoms with Gasteiger partial charge in [-0.2, -0.15) is 0 Å². The van der Waals surface area contributed by atoms with Crippen molar-refractivity contribution in [1.82, 2.24) is 0 Å². The fourth-order valence-corrected chi connectivity index (χ4v) is 8.10. The van der Waals surface area contributed by atoms with Crippen molar-refractivity contribution >= 4 is 0 Å². The second-order valence-electron chi connectivity index (χ2n) is 11.5. The van der Waals surface area contributed by atoms with E-state index in [2.05, 4.69) is 38.8 Å². The zero-order chi connectivity index (χ0) is 19.7. The smallest absolute Gasteiger partial charge is 0.0169 e. The van der Waals surface area contributed by atoms with Crippen LogP contribution < -0.4 is 0 Å². The maximum atomic E-state index is 2.49. The molecule has 0 aliphatic heterocycles. The molecule has 0 saturated heterocycles. The van der Waals surface area contributed by atoms with Crippen LogP contribution in [-0.2, 0) is 0 Å². The summed E-state index contributed by atoms with van der Waals surface area (Å²) in [5, 5.41) is 0. The average molecular weight is 385 g/mol. The van der Waals surface area contributed by atoms with Gasteiger partial charge in [0.25, 0.3) is 0 Å². The van der Waals surface area contributed by atoms with Crippen molar-refractivity contribution < 1.29 is 0 Å². The van der Waals surface area contributed by atoms with Crippen molar-refractivity contribution in [3.05, 3.63) is 11.1 Å². The van der Waals surface area contributed by atoms with Crippen LogP contribution in [0.2, 0.25) is 0 Å². The van der Waals surface area contributed by atoms with Crippen LogP contribution in [0.3, 0.4) is 0 Å². The molecule has 0 nitrogen and oxygen atoms in total. The molecule has 4 rings (SSSR count). The maximum Gasteiger partial charge on any atom is -0.0169 e. The van der Waals surface area contributed by atoms with Crippen LogP contribution in [0.15, 0.2) is 11.1 Å². The first-order chi connectivity index (χ1) is 13.6. The number of allylic oxidation sites excluding steroid dienone is 2. The Morgan fingerprint density at radius 3 is 1.25 bits per heavy atom. The molecule has 0 radical (unpaired) electrons. The van der Waals surface area contributed by atoms with Crippen molar-refractivity contribution in [2.75, 3.05) is 0 Å². The lowest BCUT2D eigenvalue weighted by atomic mass is 9.55. The van der Waals surface area contributed by atoms with E-state index in [1.165, 1.54) is 89.9 Å². The molecule has 2 fully saturated rings. The third kappa shape index (κ3) is 4.13. The molecule has 28 heavy (non-hydrogen) atoms. The minimum atomic E-state index is 0.934. The molecule has 4 aliphatic carbocycles. The van der Waals surface area contributed by atoms with E-state index in [9.17, 15) is 0 Å². The van der Waals surface area contributed by atoms with Crippen molar-refractivity contribution in [3.63, 3.8) is 0 Å². The lowest BCUT2D eigenvalue weighted by molar-refractivity contribution is 0.142. The molecule has 0 amide bonds. The Hall–Kier alpha value is -0.260. The maximum absolute atomic E-state index is 2.49. The Labute approximate surface area is 176 Å². The highest BCUT2D eigenvalue weighted by molar-refractivity contribution is 5.31. The van der Waals surface area contributed by atoms with E-state index in [1.807, 2.05) is 0 Å². The van der Waals surface area contributed by atoms with Gasteiger partial charge in [-0.1, -0.05) is 64.5 Å². The largest absolute Gasteiger partial charge is 0.0648 e. The fraction of sp³-hybridized carbons (Fsp3) is 0.929. The lowest BCUT2D eigenvalue weighted by Crippen LogP contribution is -2.38. The monoisotopic (exact) mass is 384 g/mol. The van der Waals surface area contributed by atoms with Gasteiger partial charge in [0.05, 0.1) is 0 Å². The van der Waals surface area contributed by atoms with E-state index in [0.29, 0.717) is 0 Å². The zero-order valence-corrected chi connectivity index (χ0v) is 19.5. The topological polar surface area (TPSA) is 0 Å². The Kier molecular flexibility index (Phi) is 6.94. The van der Waals surface area contributed by atoms with Crippen molar-refractivity contribution in [2.45, 2.75) is 118 Å². The summed E-state index contributed by atoms with van der Waals surface area (Å²) in [5.41, 5.74) is 4.16. The summed E-state index contributed by atoms with van der Waals surface area (Å²) < 4.78 is 0. The van der Waals surface area contributed by atoms with Gasteiger partial charge in [-0.05, 0) is 112 Å². The highest BCUT2D eigenvalue weighted by atomic mass is 14.5. The highest BCUT2D eigenvalue weighted by Crippen LogP contribution is 2.56. The second-order valence-corrected chi connectivity index (χ2v) is 11.5. The van der Waals surface area contributed by atoms with E-state index in [-0.39, 0.29) is 0 Å². The van der Waals surface area contributed by atoms with Gasteiger partial charge in [0.15, 0.2) is 0 Å². The molecule has 0 aromatic carbocycles. The quantitative estimate of drug-likeness (QED) is 0.425. The zero-order valence-electron chi connectivity index (χ0n) is 19.5. The third-order valence-electron chi connectivity index (χ3n) is 9.91. The molecule has 4 atom stereocenters. The SMILES string of the molecule is CCC1CCC(C2CCC(C)CC2)C2=C1C(CC)CCC2C1CCC(C)CC1. The van der Waals surface area contributed by atoms with Crippen LogP contribution in [0.5, 0.6) is 0 Å². The first-order valence-electron chi connectivity index (χ1n) is 13.4. The summed E-state index contributed by atoms with van der Waals surface area (Å²) >= 11 is 0. The van der Waals surface area contributed by atoms with Crippen LogP contribution in [0.1, 0.15) is 118 Å². The van der Waals surface area contributed by atoms with E-state index < -0.39 is 0 Å². The van der Waals surface area contributed by atoms with Gasteiger partial charge in [0, 0.05) is 0 Å². The van der Waals surface area contributed by atoms with Crippen molar-refractivity contribution in [3.8, 4) is 0 Å². The Balaban J connectivity index is 1.67. The Morgan fingerprint density at radius 2 is 0.893 bits per heavy atom. The number of hydrogen-bond acceptors (Lipinski definition) is 0. The molecule has 0 aromatic heterocycles. The summed E-state index contributed by atoms with van der Waals surface area (Å²) in [7, 11) is 0. The first kappa shape index (κ1) is 21.0. The lowest BCUT2D eigenvalue weighted by Gasteiger charge is -2.50. The van der Waals surface area contributed by atoms with Gasteiger partial charge < -0.3 is 0 Å². The van der Waals surface area contributed by atoms with Crippen LogP contribution in [0, 0.1) is 47.3 Å². The van der Waals surface area contributed by atoms with Crippen LogP contribution in [0.4, 0.5) is 0 Å². The molecule has 0 heterocycles. The van der Waals surface area contributed by atoms with Crippen LogP contribution in [-0.4, -0.2) is 0 Å². The third-order valence-corrected chi connectivity index (χ3v) is 9.91. The summed E-state index contributed by atoms with van der Waals surface area (Å²) in [4.78, 5) is 0. The Bertz CT molecular complexity index is 480. The molecule has 0 N–H and O–H groups in total. The minimum Gasteiger partial charge on any atom is -0.0648 e. The van der Waals surface area contributed by atoms with Crippen molar-refractivity contribution in [2.24, 2.45) is 47.3 Å². The highest BCUT2D eigenvalue weighted by Gasteiger charge is 2.44. The van der Waals surface area contributed by atoms with Crippen LogP contribution >= 0.6 is 0 Å². The molecular formula is C28H48. The summed E-state index contributed by atoms with van der Waals surface area (Å²) in [6.45, 7) is 9.95. The summed E-state index contributed by atoms with van der Waals surface area (Å²) in [6.07, 6.45) is 21.0. The molecule has 0 aromatic rings. The van der Waals surface area contributed by atoms with E-state index in [4.69, 9.17) is 0 Å². The fourth-order valence-electron chi connectivity index (χ4n) is 8.10. The summed E-state index contributed by atoms with van der Waals surface area (Å²) in [6, 6.07) is 0. The Morgan fingerprint density at radius 1 is 0.500 bits per heavy atom. The van der Waals surface area contributed by atoms with Gasteiger partial charge in [0.1, 0.15) is 0 Å². The molecular weight excluding hydrogens is 336 g/mol. The minimum absolute atomic E-state index is 0.934. The molecule has 0 heteroatoms. The molecule has 4 unspecified atom stereocenters. The normalized spacial score (nSPS) is 45.0. The second kappa shape index (κ2) is 9.26.